The quantitative estimate of drug-likeness (QED) is 0.610. The van der Waals surface area contributed by atoms with Crippen molar-refractivity contribution in [2.24, 2.45) is 5.73 Å². The van der Waals surface area contributed by atoms with Gasteiger partial charge in [0.2, 0.25) is 5.91 Å². The van der Waals surface area contributed by atoms with Crippen LogP contribution >= 0.6 is 11.3 Å². The van der Waals surface area contributed by atoms with Crippen molar-refractivity contribution >= 4 is 29.2 Å². The first-order chi connectivity index (χ1) is 9.29. The summed E-state index contributed by atoms with van der Waals surface area (Å²) in [7, 11) is 0. The number of amides is 3. The Labute approximate surface area is 120 Å². The van der Waals surface area contributed by atoms with Crippen molar-refractivity contribution in [3.05, 3.63) is 21.4 Å². The Hall–Kier alpha value is -2.09. The molecule has 7 nitrogen and oxygen atoms in total. The highest BCUT2D eigenvalue weighted by atomic mass is 32.1. The predicted octanol–water partition coefficient (Wildman–Crippen LogP) is 0.493. The van der Waals surface area contributed by atoms with Crippen molar-refractivity contribution in [2.75, 3.05) is 0 Å². The molecule has 5 N–H and O–H groups in total. The molecule has 0 saturated heterocycles. The van der Waals surface area contributed by atoms with Crippen LogP contribution in [0.5, 0.6) is 0 Å². The minimum atomic E-state index is -1.32. The lowest BCUT2D eigenvalue weighted by atomic mass is 10.2. The number of thiophene rings is 1. The highest BCUT2D eigenvalue weighted by Crippen LogP contribution is 2.20. The number of nitrogens with two attached hydrogens (primary N) is 1. The van der Waals surface area contributed by atoms with E-state index in [2.05, 4.69) is 10.6 Å². The van der Waals surface area contributed by atoms with Crippen LogP contribution in [-0.4, -0.2) is 29.1 Å². The summed E-state index contributed by atoms with van der Waals surface area (Å²) in [4.78, 5) is 35.3. The second kappa shape index (κ2) is 6.90. The molecular weight excluding hydrogens is 282 g/mol. The van der Waals surface area contributed by atoms with Gasteiger partial charge in [-0.25, -0.2) is 9.59 Å². The molecule has 0 bridgehead atoms. The van der Waals surface area contributed by atoms with Gasteiger partial charge in [-0.1, -0.05) is 0 Å². The van der Waals surface area contributed by atoms with Crippen LogP contribution in [0.1, 0.15) is 21.7 Å². The van der Waals surface area contributed by atoms with E-state index in [-0.39, 0.29) is 0 Å². The van der Waals surface area contributed by atoms with Gasteiger partial charge in [-0.05, 0) is 25.5 Å². The van der Waals surface area contributed by atoms with Crippen LogP contribution in [0, 0.1) is 13.8 Å². The first-order valence-electron chi connectivity index (χ1n) is 5.91. The fourth-order valence-electron chi connectivity index (χ4n) is 1.51. The van der Waals surface area contributed by atoms with Crippen LogP contribution in [0.2, 0.25) is 0 Å². The molecule has 0 spiro atoms. The van der Waals surface area contributed by atoms with Gasteiger partial charge in [0.25, 0.3) is 0 Å². The molecule has 8 heteroatoms. The summed E-state index contributed by atoms with van der Waals surface area (Å²) in [5.41, 5.74) is 6.06. The molecule has 110 valence electrons. The lowest BCUT2D eigenvalue weighted by molar-refractivity contribution is -0.140. The normalized spacial score (nSPS) is 11.7. The van der Waals surface area contributed by atoms with Gasteiger partial charge in [0, 0.05) is 9.75 Å². The molecule has 0 aliphatic carbocycles. The number of carbonyl (C=O) groups excluding carboxylic acids is 2. The molecule has 1 aromatic rings. The van der Waals surface area contributed by atoms with E-state index in [4.69, 9.17) is 10.8 Å². The lowest BCUT2D eigenvalue weighted by Crippen LogP contribution is -2.47. The third kappa shape index (κ3) is 4.88. The molecule has 0 fully saturated rings. The summed E-state index contributed by atoms with van der Waals surface area (Å²) in [6, 6.07) is -0.0140. The second-order valence-electron chi connectivity index (χ2n) is 4.34. The van der Waals surface area contributed by atoms with Crippen molar-refractivity contribution < 1.29 is 19.5 Å². The molecule has 0 unspecified atom stereocenters. The largest absolute Gasteiger partial charge is 0.480 e. The summed E-state index contributed by atoms with van der Waals surface area (Å²) in [6.45, 7) is 4.26. The van der Waals surface area contributed by atoms with Gasteiger partial charge in [-0.3, -0.25) is 4.79 Å². The molecule has 0 aliphatic rings. The maximum atomic E-state index is 11.6. The molecule has 1 atom stereocenters. The number of aliphatic carboxylic acids is 1. The number of nitrogens with one attached hydrogen (secondary N) is 2. The van der Waals surface area contributed by atoms with Gasteiger partial charge >= 0.3 is 12.0 Å². The van der Waals surface area contributed by atoms with E-state index in [1.807, 2.05) is 19.9 Å². The van der Waals surface area contributed by atoms with Gasteiger partial charge in [0.1, 0.15) is 6.04 Å². The molecule has 1 aromatic heterocycles. The van der Waals surface area contributed by atoms with Crippen LogP contribution in [0.25, 0.3) is 0 Å². The fourth-order valence-corrected chi connectivity index (χ4v) is 2.51. The van der Waals surface area contributed by atoms with Crippen LogP contribution < -0.4 is 16.4 Å². The van der Waals surface area contributed by atoms with E-state index in [1.165, 1.54) is 4.88 Å². The molecule has 0 aliphatic heterocycles. The van der Waals surface area contributed by atoms with Gasteiger partial charge in [0.05, 0.1) is 13.0 Å². The summed E-state index contributed by atoms with van der Waals surface area (Å²) >= 11 is 1.56. The number of carboxylic acid groups (broad SMARTS) is 1. The lowest BCUT2D eigenvalue weighted by Gasteiger charge is -2.13. The number of carboxylic acids is 1. The highest BCUT2D eigenvalue weighted by Gasteiger charge is 2.21. The van der Waals surface area contributed by atoms with Gasteiger partial charge in [-0.2, -0.15) is 0 Å². The number of hydrogen-bond donors (Lipinski definition) is 4. The molecule has 0 aromatic carbocycles. The standard InChI is InChI=1S/C12H17N3O4S/c1-6-3-8(20-7(6)2)5-14-12(19)15-9(11(17)18)4-10(13)16/h3,9H,4-5H2,1-2H3,(H2,13,16)(H,17,18)(H2,14,15,19)/t9-/m0/s1. The Kier molecular flexibility index (Phi) is 5.51. The minimum Gasteiger partial charge on any atom is -0.480 e. The summed E-state index contributed by atoms with van der Waals surface area (Å²) in [6.07, 6.45) is -0.444. The number of aryl methyl sites for hydroxylation is 2. The Bertz CT molecular complexity index is 507. The van der Waals surface area contributed by atoms with Crippen LogP contribution in [0.15, 0.2) is 6.07 Å². The zero-order chi connectivity index (χ0) is 15.3. The van der Waals surface area contributed by atoms with Crippen molar-refractivity contribution in [3.63, 3.8) is 0 Å². The van der Waals surface area contributed by atoms with E-state index in [1.54, 1.807) is 11.3 Å². The van der Waals surface area contributed by atoms with Crippen molar-refractivity contribution in [3.8, 4) is 0 Å². The van der Waals surface area contributed by atoms with Crippen molar-refractivity contribution in [2.45, 2.75) is 32.9 Å². The van der Waals surface area contributed by atoms with E-state index < -0.39 is 30.4 Å². The van der Waals surface area contributed by atoms with Gasteiger partial charge < -0.3 is 21.5 Å². The first kappa shape index (κ1) is 16.0. The van der Waals surface area contributed by atoms with Crippen LogP contribution in [0.4, 0.5) is 4.79 Å². The van der Waals surface area contributed by atoms with Gasteiger partial charge in [-0.15, -0.1) is 11.3 Å². The number of hydrogen-bond acceptors (Lipinski definition) is 4. The SMILES string of the molecule is Cc1cc(CNC(=O)N[C@@H](CC(N)=O)C(=O)O)sc1C. The predicted molar refractivity (Wildman–Crippen MR) is 74.4 cm³/mol. The van der Waals surface area contributed by atoms with Crippen LogP contribution in [-0.2, 0) is 16.1 Å². The Balaban J connectivity index is 2.49. The summed E-state index contributed by atoms with van der Waals surface area (Å²) < 4.78 is 0. The highest BCUT2D eigenvalue weighted by molar-refractivity contribution is 7.12. The molecule has 0 radical (unpaired) electrons. The molecule has 20 heavy (non-hydrogen) atoms. The molecule has 0 saturated carbocycles. The fraction of sp³-hybridized carbons (Fsp3) is 0.417. The van der Waals surface area contributed by atoms with Crippen molar-refractivity contribution in [1.29, 1.82) is 0 Å². The van der Waals surface area contributed by atoms with E-state index in [9.17, 15) is 14.4 Å². The Morgan fingerprint density at radius 3 is 2.50 bits per heavy atom. The monoisotopic (exact) mass is 299 g/mol. The third-order valence-electron chi connectivity index (χ3n) is 2.65. The average Bonchev–Trinajstić information content (AvgIpc) is 2.65. The number of carbonyl (C=O) groups is 3. The number of primary amides is 1. The second-order valence-corrected chi connectivity index (χ2v) is 5.68. The zero-order valence-electron chi connectivity index (χ0n) is 11.2. The maximum absolute atomic E-state index is 11.6. The first-order valence-corrected chi connectivity index (χ1v) is 6.72. The topological polar surface area (TPSA) is 122 Å². The van der Waals surface area contributed by atoms with E-state index >= 15 is 0 Å². The van der Waals surface area contributed by atoms with Crippen LogP contribution in [0.3, 0.4) is 0 Å². The average molecular weight is 299 g/mol. The summed E-state index contributed by atoms with van der Waals surface area (Å²) in [5.74, 6) is -2.09. The molecule has 1 heterocycles. The molecule has 3 amide bonds. The van der Waals surface area contributed by atoms with Gasteiger partial charge in [0.15, 0.2) is 0 Å². The zero-order valence-corrected chi connectivity index (χ0v) is 12.0. The Morgan fingerprint density at radius 1 is 1.40 bits per heavy atom. The molecular formula is C12H17N3O4S. The smallest absolute Gasteiger partial charge is 0.326 e. The maximum Gasteiger partial charge on any atom is 0.326 e. The van der Waals surface area contributed by atoms with Crippen molar-refractivity contribution in [1.82, 2.24) is 10.6 Å². The minimum absolute atomic E-state index is 0.300. The number of urea groups is 1. The Morgan fingerprint density at radius 2 is 2.05 bits per heavy atom. The van der Waals surface area contributed by atoms with E-state index in [0.29, 0.717) is 6.54 Å². The molecule has 1 rings (SSSR count). The number of rotatable bonds is 6. The summed E-state index contributed by atoms with van der Waals surface area (Å²) in [5, 5.41) is 13.6. The van der Waals surface area contributed by atoms with E-state index in [0.717, 1.165) is 10.4 Å². The third-order valence-corrected chi connectivity index (χ3v) is 3.80.